The largest absolute Gasteiger partial charge is 0.458 e. The maximum absolute atomic E-state index is 12.1. The predicted octanol–water partition coefficient (Wildman–Crippen LogP) is 4.30. The molecule has 1 aliphatic rings. The van der Waals surface area contributed by atoms with E-state index in [9.17, 15) is 4.79 Å². The van der Waals surface area contributed by atoms with Crippen molar-refractivity contribution in [1.82, 2.24) is 4.98 Å². The molecule has 0 aliphatic heterocycles. The van der Waals surface area contributed by atoms with Gasteiger partial charge in [0.25, 0.3) is 0 Å². The molecular weight excluding hydrogens is 270 g/mol. The Hall–Kier alpha value is -1.68. The van der Waals surface area contributed by atoms with Crippen LogP contribution >= 0.6 is 11.3 Å². The molecule has 3 rings (SSSR count). The zero-order chi connectivity index (χ0) is 13.8. The smallest absolute Gasteiger partial charge is 0.350 e. The minimum absolute atomic E-state index is 0.0959. The molecule has 1 heterocycles. The van der Waals surface area contributed by atoms with Gasteiger partial charge in [-0.1, -0.05) is 36.8 Å². The summed E-state index contributed by atoms with van der Waals surface area (Å²) >= 11 is 1.40. The number of hydrogen-bond donors (Lipinski definition) is 0. The lowest BCUT2D eigenvalue weighted by molar-refractivity contribution is 0.0216. The lowest BCUT2D eigenvalue weighted by Gasteiger charge is -2.21. The highest BCUT2D eigenvalue weighted by molar-refractivity contribution is 7.16. The SMILES string of the molecule is O=C(OC1CCCCC1)c1cnc(-c2ccccc2)s1. The molecule has 0 unspecified atom stereocenters. The average molecular weight is 287 g/mol. The number of aromatic nitrogens is 1. The Balaban J connectivity index is 1.68. The van der Waals surface area contributed by atoms with Gasteiger partial charge in [0.2, 0.25) is 0 Å². The average Bonchev–Trinajstić information content (AvgIpc) is 2.99. The molecule has 0 spiro atoms. The molecule has 3 nitrogen and oxygen atoms in total. The van der Waals surface area contributed by atoms with Crippen molar-refractivity contribution >= 4 is 17.3 Å². The van der Waals surface area contributed by atoms with E-state index in [4.69, 9.17) is 4.74 Å². The van der Waals surface area contributed by atoms with Crippen LogP contribution in [0.5, 0.6) is 0 Å². The van der Waals surface area contributed by atoms with Gasteiger partial charge in [0, 0.05) is 5.56 Å². The molecule has 0 saturated heterocycles. The Labute approximate surface area is 122 Å². The molecule has 1 aliphatic carbocycles. The standard InChI is InChI=1S/C16H17NO2S/c18-16(19-13-9-5-2-6-10-13)14-11-17-15(20-14)12-7-3-1-4-8-12/h1,3-4,7-8,11,13H,2,5-6,9-10H2. The first kappa shape index (κ1) is 13.3. The van der Waals surface area contributed by atoms with Gasteiger partial charge in [-0.05, 0) is 25.7 Å². The normalized spacial score (nSPS) is 16.0. The van der Waals surface area contributed by atoms with Crippen molar-refractivity contribution in [3.05, 3.63) is 41.4 Å². The number of carbonyl (C=O) groups excluding carboxylic acids is 1. The molecule has 20 heavy (non-hydrogen) atoms. The summed E-state index contributed by atoms with van der Waals surface area (Å²) in [5.41, 5.74) is 1.04. The minimum Gasteiger partial charge on any atom is -0.458 e. The van der Waals surface area contributed by atoms with Crippen molar-refractivity contribution in [2.45, 2.75) is 38.2 Å². The first-order chi connectivity index (χ1) is 9.83. The van der Waals surface area contributed by atoms with Crippen LogP contribution in [-0.2, 0) is 4.74 Å². The van der Waals surface area contributed by atoms with Crippen molar-refractivity contribution in [3.8, 4) is 10.6 Å². The molecule has 0 radical (unpaired) electrons. The third-order valence-electron chi connectivity index (χ3n) is 3.55. The molecule has 0 bridgehead atoms. The number of carbonyl (C=O) groups is 1. The van der Waals surface area contributed by atoms with E-state index in [1.165, 1.54) is 17.8 Å². The van der Waals surface area contributed by atoms with Crippen LogP contribution in [0.3, 0.4) is 0 Å². The van der Waals surface area contributed by atoms with Crippen molar-refractivity contribution in [2.24, 2.45) is 0 Å². The van der Waals surface area contributed by atoms with E-state index >= 15 is 0 Å². The molecule has 4 heteroatoms. The van der Waals surface area contributed by atoms with Crippen molar-refractivity contribution in [3.63, 3.8) is 0 Å². The minimum atomic E-state index is -0.225. The summed E-state index contributed by atoms with van der Waals surface area (Å²) in [4.78, 5) is 17.0. The van der Waals surface area contributed by atoms with Crippen LogP contribution in [0, 0.1) is 0 Å². The van der Waals surface area contributed by atoms with Crippen LogP contribution in [0.4, 0.5) is 0 Å². The van der Waals surface area contributed by atoms with Crippen LogP contribution in [0.2, 0.25) is 0 Å². The topological polar surface area (TPSA) is 39.2 Å². The Bertz CT molecular complexity index is 573. The number of nitrogens with zero attached hydrogens (tertiary/aromatic N) is 1. The van der Waals surface area contributed by atoms with Gasteiger partial charge < -0.3 is 4.74 Å². The fourth-order valence-corrected chi connectivity index (χ4v) is 3.28. The second-order valence-corrected chi connectivity index (χ2v) is 6.09. The second kappa shape index (κ2) is 6.18. The quantitative estimate of drug-likeness (QED) is 0.790. The number of benzene rings is 1. The van der Waals surface area contributed by atoms with Gasteiger partial charge in [0.1, 0.15) is 16.0 Å². The number of hydrogen-bond acceptors (Lipinski definition) is 4. The molecular formula is C16H17NO2S. The van der Waals surface area contributed by atoms with E-state index in [-0.39, 0.29) is 12.1 Å². The third-order valence-corrected chi connectivity index (χ3v) is 4.58. The zero-order valence-corrected chi connectivity index (χ0v) is 12.1. The molecule has 1 aromatic heterocycles. The lowest BCUT2D eigenvalue weighted by atomic mass is 9.98. The molecule has 104 valence electrons. The van der Waals surface area contributed by atoms with Gasteiger partial charge in [-0.3, -0.25) is 0 Å². The van der Waals surface area contributed by atoms with E-state index in [0.29, 0.717) is 4.88 Å². The number of rotatable bonds is 3. The van der Waals surface area contributed by atoms with E-state index < -0.39 is 0 Å². The Kier molecular flexibility index (Phi) is 4.11. The van der Waals surface area contributed by atoms with Gasteiger partial charge in [-0.2, -0.15) is 0 Å². The van der Waals surface area contributed by atoms with Crippen molar-refractivity contribution in [1.29, 1.82) is 0 Å². The van der Waals surface area contributed by atoms with E-state index in [1.807, 2.05) is 30.3 Å². The van der Waals surface area contributed by atoms with Gasteiger partial charge >= 0.3 is 5.97 Å². The van der Waals surface area contributed by atoms with Gasteiger partial charge in [0.05, 0.1) is 6.20 Å². The van der Waals surface area contributed by atoms with Crippen LogP contribution < -0.4 is 0 Å². The predicted molar refractivity (Wildman–Crippen MR) is 79.8 cm³/mol. The maximum Gasteiger partial charge on any atom is 0.350 e. The van der Waals surface area contributed by atoms with Gasteiger partial charge in [-0.25, -0.2) is 9.78 Å². The van der Waals surface area contributed by atoms with Crippen LogP contribution in [-0.4, -0.2) is 17.1 Å². The second-order valence-electron chi connectivity index (χ2n) is 5.06. The third kappa shape index (κ3) is 3.07. The molecule has 2 aromatic rings. The lowest BCUT2D eigenvalue weighted by Crippen LogP contribution is -2.20. The molecule has 1 saturated carbocycles. The molecule has 1 aromatic carbocycles. The first-order valence-electron chi connectivity index (χ1n) is 7.05. The molecule has 0 atom stereocenters. The van der Waals surface area contributed by atoms with E-state index in [0.717, 1.165) is 36.3 Å². The highest BCUT2D eigenvalue weighted by Gasteiger charge is 2.20. The Morgan fingerprint density at radius 3 is 2.65 bits per heavy atom. The summed E-state index contributed by atoms with van der Waals surface area (Å²) < 4.78 is 5.56. The number of esters is 1. The summed E-state index contributed by atoms with van der Waals surface area (Å²) in [7, 11) is 0. The van der Waals surface area contributed by atoms with Crippen LogP contribution in [0.15, 0.2) is 36.5 Å². The van der Waals surface area contributed by atoms with Crippen LogP contribution in [0.25, 0.3) is 10.6 Å². The summed E-state index contributed by atoms with van der Waals surface area (Å²) in [5, 5.41) is 0.862. The molecule has 1 fully saturated rings. The summed E-state index contributed by atoms with van der Waals surface area (Å²) in [6.45, 7) is 0. The van der Waals surface area contributed by atoms with Gasteiger partial charge in [-0.15, -0.1) is 11.3 Å². The van der Waals surface area contributed by atoms with E-state index in [1.54, 1.807) is 6.20 Å². The fourth-order valence-electron chi connectivity index (χ4n) is 2.48. The fraction of sp³-hybridized carbons (Fsp3) is 0.375. The Morgan fingerprint density at radius 1 is 1.15 bits per heavy atom. The van der Waals surface area contributed by atoms with Crippen molar-refractivity contribution < 1.29 is 9.53 Å². The van der Waals surface area contributed by atoms with Crippen LogP contribution in [0.1, 0.15) is 41.8 Å². The number of ether oxygens (including phenoxy) is 1. The molecule has 0 amide bonds. The number of thiazole rings is 1. The van der Waals surface area contributed by atoms with Gasteiger partial charge in [0.15, 0.2) is 0 Å². The summed E-state index contributed by atoms with van der Waals surface area (Å²) in [6, 6.07) is 9.90. The first-order valence-corrected chi connectivity index (χ1v) is 7.87. The summed E-state index contributed by atoms with van der Waals surface area (Å²) in [5.74, 6) is -0.225. The monoisotopic (exact) mass is 287 g/mol. The molecule has 0 N–H and O–H groups in total. The Morgan fingerprint density at radius 2 is 1.90 bits per heavy atom. The highest BCUT2D eigenvalue weighted by atomic mass is 32.1. The zero-order valence-electron chi connectivity index (χ0n) is 11.2. The highest BCUT2D eigenvalue weighted by Crippen LogP contribution is 2.27. The van der Waals surface area contributed by atoms with Crippen molar-refractivity contribution in [2.75, 3.05) is 0 Å². The summed E-state index contributed by atoms with van der Waals surface area (Å²) in [6.07, 6.45) is 7.29. The maximum atomic E-state index is 12.1. The van der Waals surface area contributed by atoms with E-state index in [2.05, 4.69) is 4.98 Å².